The third-order valence-electron chi connectivity index (χ3n) is 3.76. The van der Waals surface area contributed by atoms with Gasteiger partial charge in [0.05, 0.1) is 12.2 Å². The van der Waals surface area contributed by atoms with Crippen molar-refractivity contribution in [3.05, 3.63) is 24.3 Å². The van der Waals surface area contributed by atoms with E-state index in [0.717, 1.165) is 30.2 Å². The van der Waals surface area contributed by atoms with Crippen LogP contribution in [0.4, 0.5) is 5.69 Å². The number of carbonyl (C=O) groups is 1. The van der Waals surface area contributed by atoms with E-state index in [4.69, 9.17) is 0 Å². The molecule has 0 saturated carbocycles. The average molecular weight is 344 g/mol. The van der Waals surface area contributed by atoms with E-state index in [1.54, 1.807) is 11.8 Å². The zero-order chi connectivity index (χ0) is 15.1. The lowest BCUT2D eigenvalue weighted by Crippen LogP contribution is -2.39. The van der Waals surface area contributed by atoms with Crippen LogP contribution in [0.1, 0.15) is 12.8 Å². The SMILES string of the molecule is CSc1ccccc1NC(=O)CN(C)CC1CCCNC1.Cl. The molecule has 0 aromatic heterocycles. The van der Waals surface area contributed by atoms with E-state index in [2.05, 4.69) is 15.5 Å². The molecule has 1 heterocycles. The molecule has 6 heteroatoms. The van der Waals surface area contributed by atoms with Crippen LogP contribution in [-0.2, 0) is 4.79 Å². The number of thioether (sulfide) groups is 1. The minimum Gasteiger partial charge on any atom is -0.324 e. The number of amides is 1. The predicted octanol–water partition coefficient (Wildman–Crippen LogP) is 2.70. The van der Waals surface area contributed by atoms with E-state index in [1.165, 1.54) is 12.8 Å². The lowest BCUT2D eigenvalue weighted by atomic mass is 9.99. The van der Waals surface area contributed by atoms with Gasteiger partial charge >= 0.3 is 0 Å². The molecule has 1 fully saturated rings. The molecular weight excluding hydrogens is 318 g/mol. The van der Waals surface area contributed by atoms with Gasteiger partial charge in [-0.25, -0.2) is 0 Å². The van der Waals surface area contributed by atoms with Crippen molar-refractivity contribution in [2.24, 2.45) is 5.92 Å². The number of rotatable bonds is 6. The maximum atomic E-state index is 12.2. The number of nitrogens with zero attached hydrogens (tertiary/aromatic N) is 1. The van der Waals surface area contributed by atoms with Gasteiger partial charge in [0.15, 0.2) is 0 Å². The Balaban J connectivity index is 0.00000242. The summed E-state index contributed by atoms with van der Waals surface area (Å²) < 4.78 is 0. The van der Waals surface area contributed by atoms with Gasteiger partial charge in [0.25, 0.3) is 0 Å². The molecule has 1 saturated heterocycles. The zero-order valence-electron chi connectivity index (χ0n) is 13.3. The summed E-state index contributed by atoms with van der Waals surface area (Å²) in [7, 11) is 2.02. The third-order valence-corrected chi connectivity index (χ3v) is 4.56. The summed E-state index contributed by atoms with van der Waals surface area (Å²) in [4.78, 5) is 15.4. The quantitative estimate of drug-likeness (QED) is 0.779. The molecule has 1 atom stereocenters. The summed E-state index contributed by atoms with van der Waals surface area (Å²) in [6.07, 6.45) is 4.52. The highest BCUT2D eigenvalue weighted by Crippen LogP contribution is 2.24. The Bertz CT molecular complexity index is 466. The van der Waals surface area contributed by atoms with Crippen LogP contribution in [-0.4, -0.2) is 50.3 Å². The number of benzene rings is 1. The van der Waals surface area contributed by atoms with Gasteiger partial charge in [0.1, 0.15) is 0 Å². The van der Waals surface area contributed by atoms with Crippen LogP contribution in [0, 0.1) is 5.92 Å². The largest absolute Gasteiger partial charge is 0.324 e. The first-order valence-corrected chi connectivity index (χ1v) is 8.73. The van der Waals surface area contributed by atoms with E-state index in [9.17, 15) is 4.79 Å². The Kier molecular flexibility index (Phi) is 8.86. The fourth-order valence-electron chi connectivity index (χ4n) is 2.77. The molecule has 2 N–H and O–H groups in total. The van der Waals surface area contributed by atoms with Crippen molar-refractivity contribution in [3.8, 4) is 0 Å². The summed E-state index contributed by atoms with van der Waals surface area (Å²) in [6.45, 7) is 3.62. The Hall–Kier alpha value is -0.750. The molecule has 1 aliphatic rings. The van der Waals surface area contributed by atoms with Crippen molar-refractivity contribution in [3.63, 3.8) is 0 Å². The van der Waals surface area contributed by atoms with E-state index in [1.807, 2.05) is 37.6 Å². The Morgan fingerprint density at radius 1 is 1.45 bits per heavy atom. The number of para-hydroxylation sites is 1. The van der Waals surface area contributed by atoms with E-state index < -0.39 is 0 Å². The van der Waals surface area contributed by atoms with Crippen LogP contribution in [0.15, 0.2) is 29.2 Å². The fraction of sp³-hybridized carbons (Fsp3) is 0.562. The van der Waals surface area contributed by atoms with Gasteiger partial charge in [-0.1, -0.05) is 12.1 Å². The van der Waals surface area contributed by atoms with E-state index >= 15 is 0 Å². The van der Waals surface area contributed by atoms with Crippen LogP contribution in [0.2, 0.25) is 0 Å². The first-order valence-electron chi connectivity index (χ1n) is 7.51. The maximum Gasteiger partial charge on any atom is 0.238 e. The van der Waals surface area contributed by atoms with Crippen LogP contribution in [0.3, 0.4) is 0 Å². The Morgan fingerprint density at radius 3 is 2.91 bits per heavy atom. The molecule has 0 bridgehead atoms. The van der Waals surface area contributed by atoms with E-state index in [-0.39, 0.29) is 18.3 Å². The molecule has 124 valence electrons. The van der Waals surface area contributed by atoms with Gasteiger partial charge in [-0.2, -0.15) is 0 Å². The smallest absolute Gasteiger partial charge is 0.238 e. The van der Waals surface area contributed by atoms with Gasteiger partial charge in [0.2, 0.25) is 5.91 Å². The molecule has 2 rings (SSSR count). The molecular formula is C16H26ClN3OS. The standard InChI is InChI=1S/C16H25N3OS.ClH/c1-19(11-13-6-5-9-17-10-13)12-16(20)18-14-7-3-4-8-15(14)21-2;/h3-4,7-8,13,17H,5-6,9-12H2,1-2H3,(H,18,20);1H. The first kappa shape index (κ1) is 19.3. The highest BCUT2D eigenvalue weighted by Gasteiger charge is 2.16. The molecule has 1 unspecified atom stereocenters. The van der Waals surface area contributed by atoms with Crippen LogP contribution >= 0.6 is 24.2 Å². The minimum atomic E-state index is 0. The highest BCUT2D eigenvalue weighted by atomic mass is 35.5. The lowest BCUT2D eigenvalue weighted by molar-refractivity contribution is -0.117. The number of halogens is 1. The van der Waals surface area contributed by atoms with Crippen molar-refractivity contribution in [1.82, 2.24) is 10.2 Å². The zero-order valence-corrected chi connectivity index (χ0v) is 14.9. The number of piperidine rings is 1. The molecule has 1 aliphatic heterocycles. The second-order valence-electron chi connectivity index (χ2n) is 5.66. The Labute approximate surface area is 143 Å². The summed E-state index contributed by atoms with van der Waals surface area (Å²) in [5.74, 6) is 0.720. The Morgan fingerprint density at radius 2 is 2.23 bits per heavy atom. The molecule has 22 heavy (non-hydrogen) atoms. The summed E-state index contributed by atoms with van der Waals surface area (Å²) >= 11 is 1.65. The van der Waals surface area contributed by atoms with Crippen molar-refractivity contribution < 1.29 is 4.79 Å². The van der Waals surface area contributed by atoms with Gasteiger partial charge in [-0.3, -0.25) is 9.69 Å². The summed E-state index contributed by atoms with van der Waals surface area (Å²) in [5.41, 5.74) is 0.905. The third kappa shape index (κ3) is 6.16. The molecule has 0 radical (unpaired) electrons. The molecule has 0 spiro atoms. The average Bonchev–Trinajstić information content (AvgIpc) is 2.48. The topological polar surface area (TPSA) is 44.4 Å². The number of hydrogen-bond acceptors (Lipinski definition) is 4. The van der Waals surface area contributed by atoms with Crippen LogP contribution in [0.5, 0.6) is 0 Å². The first-order chi connectivity index (χ1) is 10.2. The fourth-order valence-corrected chi connectivity index (χ4v) is 3.32. The molecule has 4 nitrogen and oxygen atoms in total. The van der Waals surface area contributed by atoms with Crippen LogP contribution < -0.4 is 10.6 Å². The lowest BCUT2D eigenvalue weighted by Gasteiger charge is -2.27. The number of hydrogen-bond donors (Lipinski definition) is 2. The molecule has 1 aromatic rings. The summed E-state index contributed by atoms with van der Waals surface area (Å²) in [6, 6.07) is 7.92. The van der Waals surface area contributed by atoms with E-state index in [0.29, 0.717) is 12.5 Å². The minimum absolute atomic E-state index is 0. The van der Waals surface area contributed by atoms with Gasteiger partial charge < -0.3 is 10.6 Å². The van der Waals surface area contributed by atoms with Gasteiger partial charge in [0, 0.05) is 11.4 Å². The number of carbonyl (C=O) groups excluding carboxylic acids is 1. The van der Waals surface area contributed by atoms with Crippen molar-refractivity contribution in [2.75, 3.05) is 44.8 Å². The second kappa shape index (κ2) is 10.1. The maximum absolute atomic E-state index is 12.2. The molecule has 0 aliphatic carbocycles. The predicted molar refractivity (Wildman–Crippen MR) is 97.2 cm³/mol. The second-order valence-corrected chi connectivity index (χ2v) is 6.51. The van der Waals surface area contributed by atoms with Gasteiger partial charge in [-0.05, 0) is 57.3 Å². The van der Waals surface area contributed by atoms with Gasteiger partial charge in [-0.15, -0.1) is 24.2 Å². The van der Waals surface area contributed by atoms with Crippen molar-refractivity contribution in [1.29, 1.82) is 0 Å². The van der Waals surface area contributed by atoms with Crippen molar-refractivity contribution in [2.45, 2.75) is 17.7 Å². The normalized spacial score (nSPS) is 17.9. The number of likely N-dealkylation sites (N-methyl/N-ethyl adjacent to an activating group) is 1. The monoisotopic (exact) mass is 343 g/mol. The van der Waals surface area contributed by atoms with Crippen LogP contribution in [0.25, 0.3) is 0 Å². The molecule has 1 aromatic carbocycles. The summed E-state index contributed by atoms with van der Waals surface area (Å²) in [5, 5.41) is 6.43. The van der Waals surface area contributed by atoms with Crippen molar-refractivity contribution >= 4 is 35.8 Å². The molecule has 1 amide bonds. The number of anilines is 1. The number of nitrogens with one attached hydrogen (secondary N) is 2. The highest BCUT2D eigenvalue weighted by molar-refractivity contribution is 7.98.